The van der Waals surface area contributed by atoms with Crippen LogP contribution in [0, 0.1) is 0 Å². The van der Waals surface area contributed by atoms with Crippen molar-refractivity contribution in [3.63, 3.8) is 0 Å². The Kier molecular flexibility index (Phi) is 5.16. The number of aromatic nitrogens is 1. The Morgan fingerprint density at radius 1 is 1.45 bits per heavy atom. The lowest BCUT2D eigenvalue weighted by molar-refractivity contribution is 0.0766. The first-order chi connectivity index (χ1) is 9.65. The second-order valence-corrected chi connectivity index (χ2v) is 5.69. The van der Waals surface area contributed by atoms with Gasteiger partial charge in [-0.25, -0.2) is 4.98 Å². The zero-order valence-corrected chi connectivity index (χ0v) is 12.4. The number of thiazole rings is 1. The van der Waals surface area contributed by atoms with Crippen LogP contribution in [0.5, 0.6) is 0 Å². The Hall–Kier alpha value is -1.38. The highest BCUT2D eigenvalue weighted by Crippen LogP contribution is 2.26. The van der Waals surface area contributed by atoms with Crippen molar-refractivity contribution in [2.45, 2.75) is 6.42 Å². The molecule has 20 heavy (non-hydrogen) atoms. The number of carbonyl (C=O) groups excluding carboxylic acids is 1. The molecule has 1 aromatic heterocycles. The molecule has 0 spiro atoms. The molecule has 2 rings (SSSR count). The van der Waals surface area contributed by atoms with Gasteiger partial charge in [-0.05, 0) is 13.0 Å². The summed E-state index contributed by atoms with van der Waals surface area (Å²) in [6, 6.07) is 0. The third-order valence-electron chi connectivity index (χ3n) is 3.35. The zero-order valence-electron chi connectivity index (χ0n) is 11.6. The third kappa shape index (κ3) is 3.38. The third-order valence-corrected chi connectivity index (χ3v) is 4.43. The normalized spacial score (nSPS) is 17.0. The SMILES string of the molecule is CNc1nc(N)c(C(=O)N2CCCN(CCO)CC2)s1. The van der Waals surface area contributed by atoms with Crippen LogP contribution < -0.4 is 11.1 Å². The number of nitrogen functional groups attached to an aromatic ring is 1. The first kappa shape index (κ1) is 15.0. The average Bonchev–Trinajstić information content (AvgIpc) is 2.67. The number of carbonyl (C=O) groups is 1. The molecule has 1 aromatic rings. The number of hydrogen-bond donors (Lipinski definition) is 3. The van der Waals surface area contributed by atoms with E-state index in [4.69, 9.17) is 10.8 Å². The van der Waals surface area contributed by atoms with Crippen LogP contribution in [-0.2, 0) is 0 Å². The van der Waals surface area contributed by atoms with Gasteiger partial charge in [0.2, 0.25) is 0 Å². The molecular weight excluding hydrogens is 278 g/mol. The molecule has 1 amide bonds. The minimum absolute atomic E-state index is 0.0488. The molecule has 1 fully saturated rings. The van der Waals surface area contributed by atoms with Crippen molar-refractivity contribution >= 4 is 28.2 Å². The van der Waals surface area contributed by atoms with Crippen LogP contribution in [0.3, 0.4) is 0 Å². The highest BCUT2D eigenvalue weighted by Gasteiger charge is 2.24. The lowest BCUT2D eigenvalue weighted by atomic mass is 10.3. The smallest absolute Gasteiger partial charge is 0.267 e. The fourth-order valence-corrected chi connectivity index (χ4v) is 3.08. The van der Waals surface area contributed by atoms with Crippen molar-refractivity contribution in [2.75, 3.05) is 57.4 Å². The van der Waals surface area contributed by atoms with Crippen molar-refractivity contribution in [2.24, 2.45) is 0 Å². The molecule has 0 aliphatic carbocycles. The van der Waals surface area contributed by atoms with Crippen LogP contribution in [0.1, 0.15) is 16.1 Å². The van der Waals surface area contributed by atoms with Gasteiger partial charge in [-0.2, -0.15) is 0 Å². The van der Waals surface area contributed by atoms with Crippen LogP contribution in [0.2, 0.25) is 0 Å². The monoisotopic (exact) mass is 299 g/mol. The van der Waals surface area contributed by atoms with E-state index in [9.17, 15) is 4.79 Å². The number of amides is 1. The maximum atomic E-state index is 12.5. The standard InChI is InChI=1S/C12H21N5O2S/c1-14-12-15-10(13)9(20-12)11(19)17-4-2-3-16(5-6-17)7-8-18/h18H,2-8,13H2,1H3,(H,14,15). The average molecular weight is 299 g/mol. The van der Waals surface area contributed by atoms with Gasteiger partial charge < -0.3 is 21.1 Å². The van der Waals surface area contributed by atoms with Gasteiger partial charge in [0.15, 0.2) is 5.13 Å². The predicted octanol–water partition coefficient (Wildman–Crippen LogP) is -0.0928. The van der Waals surface area contributed by atoms with Crippen molar-refractivity contribution in [3.05, 3.63) is 4.88 Å². The number of β-amino-alcohol motifs (C(OH)–C–C–N with tert-alkyl or cyclic N) is 1. The van der Waals surface area contributed by atoms with Crippen LogP contribution in [0.15, 0.2) is 0 Å². The van der Waals surface area contributed by atoms with Gasteiger partial charge in [-0.15, -0.1) is 0 Å². The van der Waals surface area contributed by atoms with Crippen molar-refractivity contribution in [1.82, 2.24) is 14.8 Å². The van der Waals surface area contributed by atoms with Gasteiger partial charge in [0.05, 0.1) is 6.61 Å². The predicted molar refractivity (Wildman–Crippen MR) is 80.1 cm³/mol. The van der Waals surface area contributed by atoms with Crippen LogP contribution in [0.25, 0.3) is 0 Å². The molecule has 1 aliphatic rings. The van der Waals surface area contributed by atoms with E-state index in [1.165, 1.54) is 11.3 Å². The van der Waals surface area contributed by atoms with E-state index in [-0.39, 0.29) is 12.5 Å². The summed E-state index contributed by atoms with van der Waals surface area (Å²) in [5.74, 6) is 0.244. The summed E-state index contributed by atoms with van der Waals surface area (Å²) >= 11 is 1.29. The fourth-order valence-electron chi connectivity index (χ4n) is 2.27. The second-order valence-electron chi connectivity index (χ2n) is 4.69. The summed E-state index contributed by atoms with van der Waals surface area (Å²) in [7, 11) is 1.76. The molecular formula is C12H21N5O2S. The minimum Gasteiger partial charge on any atom is -0.395 e. The number of rotatable bonds is 4. The molecule has 4 N–H and O–H groups in total. The van der Waals surface area contributed by atoms with Gasteiger partial charge in [0.25, 0.3) is 5.91 Å². The number of nitrogens with zero attached hydrogens (tertiary/aromatic N) is 3. The molecule has 2 heterocycles. The minimum atomic E-state index is -0.0488. The number of anilines is 2. The Morgan fingerprint density at radius 3 is 2.90 bits per heavy atom. The number of nitrogens with two attached hydrogens (primary N) is 1. The Balaban J connectivity index is 2.03. The molecule has 0 atom stereocenters. The molecule has 0 radical (unpaired) electrons. The van der Waals surface area contributed by atoms with Crippen LogP contribution >= 0.6 is 11.3 Å². The number of aliphatic hydroxyl groups excluding tert-OH is 1. The van der Waals surface area contributed by atoms with Crippen molar-refractivity contribution < 1.29 is 9.90 Å². The van der Waals surface area contributed by atoms with E-state index in [1.54, 1.807) is 7.05 Å². The maximum absolute atomic E-state index is 12.5. The summed E-state index contributed by atoms with van der Waals surface area (Å²) < 4.78 is 0. The summed E-state index contributed by atoms with van der Waals surface area (Å²) in [5.41, 5.74) is 5.81. The summed E-state index contributed by atoms with van der Waals surface area (Å²) in [6.45, 7) is 3.88. The van der Waals surface area contributed by atoms with E-state index in [1.807, 2.05) is 4.90 Å². The van der Waals surface area contributed by atoms with Crippen molar-refractivity contribution in [1.29, 1.82) is 0 Å². The molecule has 8 heteroatoms. The summed E-state index contributed by atoms with van der Waals surface area (Å²) in [5, 5.41) is 12.5. The topological polar surface area (TPSA) is 94.7 Å². The van der Waals surface area contributed by atoms with Crippen molar-refractivity contribution in [3.8, 4) is 0 Å². The van der Waals surface area contributed by atoms with Gasteiger partial charge >= 0.3 is 0 Å². The zero-order chi connectivity index (χ0) is 14.5. The summed E-state index contributed by atoms with van der Waals surface area (Å²) in [6.07, 6.45) is 0.906. The molecule has 1 saturated heterocycles. The number of hydrogen-bond acceptors (Lipinski definition) is 7. The molecule has 0 bridgehead atoms. The van der Waals surface area contributed by atoms with Crippen LogP contribution in [0.4, 0.5) is 10.9 Å². The molecule has 112 valence electrons. The Bertz CT molecular complexity index is 465. The lowest BCUT2D eigenvalue weighted by Gasteiger charge is -2.21. The van der Waals surface area contributed by atoms with E-state index < -0.39 is 0 Å². The quantitative estimate of drug-likeness (QED) is 0.719. The van der Waals surface area contributed by atoms with Gasteiger partial charge in [-0.3, -0.25) is 9.69 Å². The molecule has 0 unspecified atom stereocenters. The fraction of sp³-hybridized carbons (Fsp3) is 0.667. The largest absolute Gasteiger partial charge is 0.395 e. The van der Waals surface area contributed by atoms with E-state index in [2.05, 4.69) is 15.2 Å². The van der Waals surface area contributed by atoms with Gasteiger partial charge in [0, 0.05) is 33.2 Å². The number of aliphatic hydroxyl groups is 1. The van der Waals surface area contributed by atoms with E-state index in [0.29, 0.717) is 35.5 Å². The first-order valence-corrected chi connectivity index (χ1v) is 7.54. The molecule has 7 nitrogen and oxygen atoms in total. The number of nitrogens with one attached hydrogen (secondary N) is 1. The lowest BCUT2D eigenvalue weighted by Crippen LogP contribution is -2.35. The Morgan fingerprint density at radius 2 is 2.25 bits per heavy atom. The molecule has 0 saturated carbocycles. The summed E-state index contributed by atoms with van der Waals surface area (Å²) in [4.78, 5) is 21.1. The highest BCUT2D eigenvalue weighted by atomic mass is 32.1. The Labute approximate surface area is 122 Å². The van der Waals surface area contributed by atoms with Gasteiger partial charge in [-0.1, -0.05) is 11.3 Å². The molecule has 1 aliphatic heterocycles. The highest BCUT2D eigenvalue weighted by molar-refractivity contribution is 7.18. The maximum Gasteiger partial charge on any atom is 0.267 e. The van der Waals surface area contributed by atoms with Gasteiger partial charge in [0.1, 0.15) is 10.7 Å². The van der Waals surface area contributed by atoms with Crippen LogP contribution in [-0.4, -0.2) is 72.2 Å². The first-order valence-electron chi connectivity index (χ1n) is 6.72. The van der Waals surface area contributed by atoms with E-state index >= 15 is 0 Å². The second kappa shape index (κ2) is 6.87. The molecule has 0 aromatic carbocycles. The van der Waals surface area contributed by atoms with E-state index in [0.717, 1.165) is 19.5 Å².